The summed E-state index contributed by atoms with van der Waals surface area (Å²) in [6.07, 6.45) is 3.57. The molecule has 0 aliphatic carbocycles. The third-order valence-corrected chi connectivity index (χ3v) is 3.17. The van der Waals surface area contributed by atoms with Gasteiger partial charge in [-0.15, -0.1) is 0 Å². The number of nitrogens with one attached hydrogen (secondary N) is 1. The average Bonchev–Trinajstić information content (AvgIpc) is 2.87. The van der Waals surface area contributed by atoms with Gasteiger partial charge in [0, 0.05) is 0 Å². The maximum Gasteiger partial charge on any atom is 0.125 e. The first-order valence-corrected chi connectivity index (χ1v) is 7.14. The molecule has 2 rings (SSSR count). The molecule has 0 unspecified atom stereocenters. The molecule has 0 saturated carbocycles. The summed E-state index contributed by atoms with van der Waals surface area (Å²) in [5.74, 6) is 1.56. The van der Waals surface area contributed by atoms with E-state index in [0.717, 1.165) is 30.9 Å². The SMILES string of the molecule is Cc1cc(C)c(OCC(C)C)c(CCc2cn[nH]n2)c1. The number of hydrogen-bond acceptors (Lipinski definition) is 3. The van der Waals surface area contributed by atoms with Gasteiger partial charge in [-0.1, -0.05) is 31.5 Å². The van der Waals surface area contributed by atoms with Crippen molar-refractivity contribution >= 4 is 0 Å². The van der Waals surface area contributed by atoms with Gasteiger partial charge in [0.2, 0.25) is 0 Å². The molecule has 1 heterocycles. The van der Waals surface area contributed by atoms with Gasteiger partial charge in [0.25, 0.3) is 0 Å². The normalized spacial score (nSPS) is 11.1. The van der Waals surface area contributed by atoms with Gasteiger partial charge in [-0.2, -0.15) is 15.4 Å². The quantitative estimate of drug-likeness (QED) is 0.879. The maximum atomic E-state index is 6.01. The molecule has 0 bridgehead atoms. The lowest BCUT2D eigenvalue weighted by atomic mass is 10.0. The number of ether oxygens (including phenoxy) is 1. The van der Waals surface area contributed by atoms with Crippen molar-refractivity contribution in [2.24, 2.45) is 5.92 Å². The average molecular weight is 273 g/mol. The molecule has 0 fully saturated rings. The first kappa shape index (κ1) is 14.6. The van der Waals surface area contributed by atoms with Crippen molar-refractivity contribution in [1.29, 1.82) is 0 Å². The van der Waals surface area contributed by atoms with Crippen LogP contribution in [0.2, 0.25) is 0 Å². The Labute approximate surface area is 120 Å². The minimum Gasteiger partial charge on any atom is -0.493 e. The van der Waals surface area contributed by atoms with E-state index < -0.39 is 0 Å². The summed E-state index contributed by atoms with van der Waals surface area (Å²) in [6, 6.07) is 4.39. The van der Waals surface area contributed by atoms with Crippen LogP contribution in [0.4, 0.5) is 0 Å². The first-order valence-electron chi connectivity index (χ1n) is 7.14. The fourth-order valence-electron chi connectivity index (χ4n) is 2.29. The molecule has 1 aromatic carbocycles. The van der Waals surface area contributed by atoms with Crippen LogP contribution in [0.1, 0.15) is 36.2 Å². The Kier molecular flexibility index (Phi) is 4.77. The highest BCUT2D eigenvalue weighted by molar-refractivity contribution is 5.44. The van der Waals surface area contributed by atoms with E-state index in [1.807, 2.05) is 0 Å². The molecule has 108 valence electrons. The van der Waals surface area contributed by atoms with Crippen LogP contribution in [0, 0.1) is 19.8 Å². The van der Waals surface area contributed by atoms with Crippen LogP contribution in [0.25, 0.3) is 0 Å². The molecule has 0 aliphatic heterocycles. The van der Waals surface area contributed by atoms with Gasteiger partial charge in [-0.3, -0.25) is 0 Å². The van der Waals surface area contributed by atoms with E-state index >= 15 is 0 Å². The third kappa shape index (κ3) is 3.83. The van der Waals surface area contributed by atoms with Crippen molar-refractivity contribution in [3.8, 4) is 5.75 Å². The lowest BCUT2D eigenvalue weighted by Gasteiger charge is -2.16. The molecule has 2 aromatic rings. The van der Waals surface area contributed by atoms with E-state index in [2.05, 4.69) is 55.2 Å². The van der Waals surface area contributed by atoms with E-state index in [4.69, 9.17) is 4.74 Å². The van der Waals surface area contributed by atoms with E-state index in [1.165, 1.54) is 16.7 Å². The number of nitrogens with zero attached hydrogens (tertiary/aromatic N) is 2. The molecular weight excluding hydrogens is 250 g/mol. The van der Waals surface area contributed by atoms with Gasteiger partial charge in [0.05, 0.1) is 18.5 Å². The largest absolute Gasteiger partial charge is 0.493 e. The molecular formula is C16H23N3O. The molecule has 0 amide bonds. The van der Waals surface area contributed by atoms with Crippen molar-refractivity contribution in [1.82, 2.24) is 15.4 Å². The Morgan fingerprint density at radius 2 is 2.00 bits per heavy atom. The summed E-state index contributed by atoms with van der Waals surface area (Å²) in [6.45, 7) is 9.32. The summed E-state index contributed by atoms with van der Waals surface area (Å²) in [5, 5.41) is 10.6. The van der Waals surface area contributed by atoms with Gasteiger partial charge in [0.1, 0.15) is 5.75 Å². The van der Waals surface area contributed by atoms with Gasteiger partial charge < -0.3 is 4.74 Å². The number of H-pyrrole nitrogens is 1. The van der Waals surface area contributed by atoms with Gasteiger partial charge in [0.15, 0.2) is 0 Å². The van der Waals surface area contributed by atoms with Crippen molar-refractivity contribution in [2.45, 2.75) is 40.5 Å². The molecule has 4 nitrogen and oxygen atoms in total. The van der Waals surface area contributed by atoms with E-state index in [1.54, 1.807) is 6.20 Å². The molecule has 1 N–H and O–H groups in total. The second-order valence-corrected chi connectivity index (χ2v) is 5.74. The second-order valence-electron chi connectivity index (χ2n) is 5.74. The third-order valence-electron chi connectivity index (χ3n) is 3.17. The second kappa shape index (κ2) is 6.55. The number of aryl methyl sites for hydroxylation is 4. The maximum absolute atomic E-state index is 6.01. The Bertz CT molecular complexity index is 547. The van der Waals surface area contributed by atoms with Gasteiger partial charge in [-0.05, 0) is 43.7 Å². The Balaban J connectivity index is 2.16. The summed E-state index contributed by atoms with van der Waals surface area (Å²) in [4.78, 5) is 0. The standard InChI is InChI=1S/C16H23N3O/c1-11(2)10-20-16-13(4)7-12(3)8-14(16)5-6-15-9-17-19-18-15/h7-9,11H,5-6,10H2,1-4H3,(H,17,18,19). The fourth-order valence-corrected chi connectivity index (χ4v) is 2.29. The molecule has 4 heteroatoms. The smallest absolute Gasteiger partial charge is 0.125 e. The van der Waals surface area contributed by atoms with Crippen molar-refractivity contribution in [3.63, 3.8) is 0 Å². The summed E-state index contributed by atoms with van der Waals surface area (Å²) in [7, 11) is 0. The molecule has 0 spiro atoms. The molecule has 0 radical (unpaired) electrons. The lowest BCUT2D eigenvalue weighted by molar-refractivity contribution is 0.267. The topological polar surface area (TPSA) is 50.8 Å². The van der Waals surface area contributed by atoms with E-state index in [9.17, 15) is 0 Å². The highest BCUT2D eigenvalue weighted by Crippen LogP contribution is 2.27. The fraction of sp³-hybridized carbons (Fsp3) is 0.500. The first-order chi connectivity index (χ1) is 9.56. The molecule has 1 aromatic heterocycles. The summed E-state index contributed by atoms with van der Waals surface area (Å²) < 4.78 is 6.01. The highest BCUT2D eigenvalue weighted by Gasteiger charge is 2.10. The van der Waals surface area contributed by atoms with Crippen LogP contribution >= 0.6 is 0 Å². The summed E-state index contributed by atoms with van der Waals surface area (Å²) >= 11 is 0. The van der Waals surface area contributed by atoms with E-state index in [0.29, 0.717) is 5.92 Å². The zero-order valence-corrected chi connectivity index (χ0v) is 12.7. The van der Waals surface area contributed by atoms with Crippen LogP contribution in [-0.4, -0.2) is 22.0 Å². The van der Waals surface area contributed by atoms with Gasteiger partial charge in [-0.25, -0.2) is 0 Å². The lowest BCUT2D eigenvalue weighted by Crippen LogP contribution is -2.08. The van der Waals surface area contributed by atoms with Crippen LogP contribution in [-0.2, 0) is 12.8 Å². The molecule has 0 atom stereocenters. The number of aromatic nitrogens is 3. The van der Waals surface area contributed by atoms with Crippen molar-refractivity contribution in [2.75, 3.05) is 6.61 Å². The summed E-state index contributed by atoms with van der Waals surface area (Å²) in [5.41, 5.74) is 4.72. The molecule has 20 heavy (non-hydrogen) atoms. The molecule has 0 saturated heterocycles. The predicted octanol–water partition coefficient (Wildman–Crippen LogP) is 3.24. The zero-order valence-electron chi connectivity index (χ0n) is 12.7. The van der Waals surface area contributed by atoms with Crippen LogP contribution in [0.15, 0.2) is 18.3 Å². The predicted molar refractivity (Wildman–Crippen MR) is 80.0 cm³/mol. The van der Waals surface area contributed by atoms with Gasteiger partial charge >= 0.3 is 0 Å². The highest BCUT2D eigenvalue weighted by atomic mass is 16.5. The monoisotopic (exact) mass is 273 g/mol. The van der Waals surface area contributed by atoms with Crippen molar-refractivity contribution in [3.05, 3.63) is 40.7 Å². The number of benzene rings is 1. The van der Waals surface area contributed by atoms with E-state index in [-0.39, 0.29) is 0 Å². The Hall–Kier alpha value is -1.84. The van der Waals surface area contributed by atoms with Crippen LogP contribution in [0.3, 0.4) is 0 Å². The minimum absolute atomic E-state index is 0.527. The molecule has 0 aliphatic rings. The number of hydrogen-bond donors (Lipinski definition) is 1. The van der Waals surface area contributed by atoms with Crippen LogP contribution in [0.5, 0.6) is 5.75 Å². The van der Waals surface area contributed by atoms with Crippen LogP contribution < -0.4 is 4.74 Å². The zero-order chi connectivity index (χ0) is 14.5. The minimum atomic E-state index is 0.527. The Morgan fingerprint density at radius 1 is 1.20 bits per heavy atom. The Morgan fingerprint density at radius 3 is 2.65 bits per heavy atom. The van der Waals surface area contributed by atoms with Crippen molar-refractivity contribution < 1.29 is 4.74 Å². The number of aromatic amines is 1. The number of rotatable bonds is 6.